The molecule has 4 heteroatoms. The molecule has 0 aliphatic rings. The predicted octanol–water partition coefficient (Wildman–Crippen LogP) is 2.48. The number of allylic oxidation sites excluding steroid dienone is 2. The third-order valence-corrected chi connectivity index (χ3v) is 2.76. The van der Waals surface area contributed by atoms with Crippen LogP contribution in [0.5, 0.6) is 0 Å². The third-order valence-electron chi connectivity index (χ3n) is 2.76. The van der Waals surface area contributed by atoms with E-state index in [9.17, 15) is 9.59 Å². The van der Waals surface area contributed by atoms with Crippen molar-refractivity contribution < 1.29 is 19.1 Å². The van der Waals surface area contributed by atoms with Crippen molar-refractivity contribution in [2.75, 3.05) is 14.2 Å². The van der Waals surface area contributed by atoms with Gasteiger partial charge in [0.1, 0.15) is 0 Å². The summed E-state index contributed by atoms with van der Waals surface area (Å²) in [6.07, 6.45) is 6.58. The van der Waals surface area contributed by atoms with Gasteiger partial charge in [0.2, 0.25) is 0 Å². The van der Waals surface area contributed by atoms with Crippen LogP contribution in [0.2, 0.25) is 0 Å². The highest BCUT2D eigenvalue weighted by Gasteiger charge is 2.42. The van der Waals surface area contributed by atoms with Crippen molar-refractivity contribution in [2.45, 2.75) is 39.5 Å². The Morgan fingerprint density at radius 3 is 2.26 bits per heavy atom. The number of esters is 2. The summed E-state index contributed by atoms with van der Waals surface area (Å²) in [6.45, 7) is 3.61. The molecule has 106 valence electrons. The fourth-order valence-electron chi connectivity index (χ4n) is 1.45. The lowest BCUT2D eigenvalue weighted by Crippen LogP contribution is -2.38. The molecule has 0 bridgehead atoms. The fraction of sp³-hybridized carbons (Fsp3) is 0.600. The molecule has 0 aromatic carbocycles. The van der Waals surface area contributed by atoms with E-state index in [1.807, 2.05) is 0 Å². The van der Waals surface area contributed by atoms with Gasteiger partial charge in [-0.2, -0.15) is 0 Å². The molecule has 0 saturated carbocycles. The largest absolute Gasteiger partial charge is 0.468 e. The van der Waals surface area contributed by atoms with Crippen molar-refractivity contribution in [1.29, 1.82) is 0 Å². The highest BCUT2D eigenvalue weighted by molar-refractivity contribution is 5.99. The number of ether oxygens (including phenoxy) is 2. The van der Waals surface area contributed by atoms with E-state index in [0.29, 0.717) is 0 Å². The smallest absolute Gasteiger partial charge is 0.323 e. The molecule has 0 aromatic heterocycles. The van der Waals surface area contributed by atoms with E-state index < -0.39 is 17.4 Å². The van der Waals surface area contributed by atoms with Gasteiger partial charge in [-0.05, 0) is 25.8 Å². The molecule has 0 aliphatic heterocycles. The third kappa shape index (κ3) is 5.60. The van der Waals surface area contributed by atoms with Gasteiger partial charge < -0.3 is 9.47 Å². The van der Waals surface area contributed by atoms with Crippen LogP contribution in [0.1, 0.15) is 39.5 Å². The van der Waals surface area contributed by atoms with Crippen LogP contribution in [-0.4, -0.2) is 26.2 Å². The molecule has 0 unspecified atom stereocenters. The van der Waals surface area contributed by atoms with E-state index in [1.54, 1.807) is 12.2 Å². The van der Waals surface area contributed by atoms with Gasteiger partial charge in [-0.15, -0.1) is 0 Å². The van der Waals surface area contributed by atoms with Crippen LogP contribution in [0.3, 0.4) is 0 Å². The van der Waals surface area contributed by atoms with Crippen LogP contribution in [0.4, 0.5) is 0 Å². The quantitative estimate of drug-likeness (QED) is 0.321. The van der Waals surface area contributed by atoms with Crippen LogP contribution in [-0.2, 0) is 19.1 Å². The Hall–Kier alpha value is -1.76. The summed E-state index contributed by atoms with van der Waals surface area (Å²) < 4.78 is 9.28. The first-order chi connectivity index (χ1) is 9.02. The molecule has 0 radical (unpaired) electrons. The SMILES string of the molecule is CCCCC#C/C=C/CC(C)(C(=O)OC)C(=O)OC. The second kappa shape index (κ2) is 9.21. The molecule has 0 atom stereocenters. The second-order valence-electron chi connectivity index (χ2n) is 4.35. The van der Waals surface area contributed by atoms with Crippen molar-refractivity contribution in [3.63, 3.8) is 0 Å². The molecule has 0 rings (SSSR count). The number of hydrogen-bond acceptors (Lipinski definition) is 4. The van der Waals surface area contributed by atoms with Crippen LogP contribution in [0.15, 0.2) is 12.2 Å². The van der Waals surface area contributed by atoms with E-state index in [0.717, 1.165) is 19.3 Å². The van der Waals surface area contributed by atoms with E-state index >= 15 is 0 Å². The zero-order chi connectivity index (χ0) is 14.7. The summed E-state index contributed by atoms with van der Waals surface area (Å²) in [5.74, 6) is 4.64. The molecular weight excluding hydrogens is 244 g/mol. The van der Waals surface area contributed by atoms with Gasteiger partial charge in [-0.1, -0.05) is 31.3 Å². The molecule has 0 aliphatic carbocycles. The number of methoxy groups -OCH3 is 2. The molecule has 0 saturated heterocycles. The summed E-state index contributed by atoms with van der Waals surface area (Å²) >= 11 is 0. The molecule has 19 heavy (non-hydrogen) atoms. The first-order valence-corrected chi connectivity index (χ1v) is 6.33. The highest BCUT2D eigenvalue weighted by atomic mass is 16.5. The van der Waals surface area contributed by atoms with Gasteiger partial charge >= 0.3 is 11.9 Å². The minimum absolute atomic E-state index is 0.203. The first-order valence-electron chi connectivity index (χ1n) is 6.33. The van der Waals surface area contributed by atoms with Crippen LogP contribution >= 0.6 is 0 Å². The molecule has 0 spiro atoms. The van der Waals surface area contributed by atoms with E-state index in [4.69, 9.17) is 0 Å². The zero-order valence-corrected chi connectivity index (χ0v) is 12.1. The number of unbranched alkanes of at least 4 members (excludes halogenated alkanes) is 2. The van der Waals surface area contributed by atoms with Crippen molar-refractivity contribution in [3.8, 4) is 11.8 Å². The minimum Gasteiger partial charge on any atom is -0.468 e. The lowest BCUT2D eigenvalue weighted by molar-refractivity contribution is -0.167. The Morgan fingerprint density at radius 1 is 1.21 bits per heavy atom. The molecule has 4 nitrogen and oxygen atoms in total. The predicted molar refractivity (Wildman–Crippen MR) is 73.2 cm³/mol. The van der Waals surface area contributed by atoms with E-state index in [2.05, 4.69) is 28.2 Å². The fourth-order valence-corrected chi connectivity index (χ4v) is 1.45. The Labute approximate surface area is 115 Å². The Morgan fingerprint density at radius 2 is 1.79 bits per heavy atom. The van der Waals surface area contributed by atoms with E-state index in [1.165, 1.54) is 21.1 Å². The van der Waals surface area contributed by atoms with Gasteiger partial charge in [0.05, 0.1) is 14.2 Å². The summed E-state index contributed by atoms with van der Waals surface area (Å²) in [5, 5.41) is 0. The monoisotopic (exact) mass is 266 g/mol. The summed E-state index contributed by atoms with van der Waals surface area (Å²) in [4.78, 5) is 23.3. The summed E-state index contributed by atoms with van der Waals surface area (Å²) in [6, 6.07) is 0. The Balaban J connectivity index is 4.58. The number of carbonyl (C=O) groups is 2. The molecule has 0 amide bonds. The summed E-state index contributed by atoms with van der Waals surface area (Å²) in [7, 11) is 2.50. The van der Waals surface area contributed by atoms with Gasteiger partial charge in [-0.25, -0.2) is 0 Å². The lowest BCUT2D eigenvalue weighted by Gasteiger charge is -2.21. The first kappa shape index (κ1) is 17.2. The topological polar surface area (TPSA) is 52.6 Å². The zero-order valence-electron chi connectivity index (χ0n) is 12.1. The molecule has 0 fully saturated rings. The molecule has 0 aromatic rings. The maximum absolute atomic E-state index is 11.6. The van der Waals surface area contributed by atoms with Crippen LogP contribution in [0.25, 0.3) is 0 Å². The maximum Gasteiger partial charge on any atom is 0.323 e. The van der Waals surface area contributed by atoms with Crippen LogP contribution < -0.4 is 0 Å². The van der Waals surface area contributed by atoms with Crippen molar-refractivity contribution in [3.05, 3.63) is 12.2 Å². The number of rotatable bonds is 6. The Bertz CT molecular complexity index is 369. The lowest BCUT2D eigenvalue weighted by atomic mass is 9.86. The Kier molecular flexibility index (Phi) is 8.35. The molecule has 0 N–H and O–H groups in total. The van der Waals surface area contributed by atoms with Crippen molar-refractivity contribution >= 4 is 11.9 Å². The average molecular weight is 266 g/mol. The van der Waals surface area contributed by atoms with Gasteiger partial charge in [0.15, 0.2) is 5.41 Å². The maximum atomic E-state index is 11.6. The van der Waals surface area contributed by atoms with Crippen molar-refractivity contribution in [1.82, 2.24) is 0 Å². The van der Waals surface area contributed by atoms with Crippen LogP contribution in [0, 0.1) is 17.3 Å². The standard InChI is InChI=1S/C15H22O4/c1-5-6-7-8-9-10-11-12-15(2,13(16)18-3)14(17)19-4/h10-11H,5-7,12H2,1-4H3/b11-10+. The molecule has 0 heterocycles. The number of carbonyl (C=O) groups excluding carboxylic acids is 2. The van der Waals surface area contributed by atoms with Crippen molar-refractivity contribution in [2.24, 2.45) is 5.41 Å². The second-order valence-corrected chi connectivity index (χ2v) is 4.35. The highest BCUT2D eigenvalue weighted by Crippen LogP contribution is 2.25. The van der Waals surface area contributed by atoms with E-state index in [-0.39, 0.29) is 6.42 Å². The normalized spacial score (nSPS) is 10.7. The average Bonchev–Trinajstić information content (AvgIpc) is 2.44. The summed E-state index contributed by atoms with van der Waals surface area (Å²) in [5.41, 5.74) is -1.31. The number of hydrogen-bond donors (Lipinski definition) is 0. The van der Waals surface area contributed by atoms with Gasteiger partial charge in [0, 0.05) is 6.42 Å². The van der Waals surface area contributed by atoms with Gasteiger partial charge in [0.25, 0.3) is 0 Å². The van der Waals surface area contributed by atoms with Gasteiger partial charge in [-0.3, -0.25) is 9.59 Å². The molecular formula is C15H22O4. The minimum atomic E-state index is -1.31.